The molecule has 0 atom stereocenters. The molecule has 0 aliphatic heterocycles. The van der Waals surface area contributed by atoms with Crippen molar-refractivity contribution in [3.8, 4) is 0 Å². The first-order valence-electron chi connectivity index (χ1n) is 11.0. The van der Waals surface area contributed by atoms with E-state index in [0.717, 1.165) is 36.7 Å². The zero-order valence-electron chi connectivity index (χ0n) is 19.8. The van der Waals surface area contributed by atoms with Crippen LogP contribution >= 0.6 is 0 Å². The van der Waals surface area contributed by atoms with Crippen LogP contribution < -0.4 is 63.5 Å². The second kappa shape index (κ2) is 20.3. The Morgan fingerprint density at radius 2 is 1.70 bits per heavy atom. The summed E-state index contributed by atoms with van der Waals surface area (Å²) >= 11 is 0. The quantitative estimate of drug-likeness (QED) is 0.160. The molecule has 9 heteroatoms. The van der Waals surface area contributed by atoms with Gasteiger partial charge in [0.1, 0.15) is 17.9 Å². The Balaban J connectivity index is 0.0000102. The summed E-state index contributed by atoms with van der Waals surface area (Å²) in [6, 6.07) is 7.18. The standard InChI is InChI=1S/C24H34N2O6.Rb/c1-19(28)15-22(29)16-20-8-10-21(11-9-20)17-26-24(31)18-32-14-6-7-23(30)25-12-4-2-3-5-13-27;/h8-11,13H,2-7,12,14-18H2,1H3,(H2,25,26,30,31);/q;+1/p-1. The molecule has 0 spiro atoms. The molecule has 2 amide bonds. The molecule has 1 aromatic carbocycles. The van der Waals surface area contributed by atoms with Crippen molar-refractivity contribution in [2.75, 3.05) is 19.8 Å². The van der Waals surface area contributed by atoms with E-state index in [1.165, 1.54) is 6.92 Å². The minimum absolute atomic E-state index is 0. The number of aldehydes is 1. The molecular weight excluding hydrogens is 498 g/mol. The first-order chi connectivity index (χ1) is 15.4. The van der Waals surface area contributed by atoms with E-state index in [0.29, 0.717) is 32.4 Å². The molecule has 0 fully saturated rings. The number of Topliss-reactive ketones (excluding diaryl/α,β-unsaturated/α-hetero) is 2. The number of nitrogens with zero attached hydrogens (tertiary/aromatic N) is 1. The van der Waals surface area contributed by atoms with Gasteiger partial charge >= 0.3 is 58.2 Å². The van der Waals surface area contributed by atoms with Gasteiger partial charge in [0.25, 0.3) is 0 Å². The normalized spacial score (nSPS) is 10.1. The Hall–Kier alpha value is -1.06. The summed E-state index contributed by atoms with van der Waals surface area (Å²) in [5.41, 5.74) is 1.65. The van der Waals surface area contributed by atoms with Gasteiger partial charge in [-0.15, -0.1) is 6.54 Å². The molecule has 0 heterocycles. The van der Waals surface area contributed by atoms with Crippen molar-refractivity contribution in [1.82, 2.24) is 5.32 Å². The number of carbonyl (C=O) groups is 5. The molecule has 0 saturated carbocycles. The van der Waals surface area contributed by atoms with Gasteiger partial charge in [0.05, 0.1) is 18.9 Å². The summed E-state index contributed by atoms with van der Waals surface area (Å²) in [7, 11) is 0. The average Bonchev–Trinajstić information content (AvgIpc) is 2.75. The number of carbonyl (C=O) groups excluding carboxylic acids is 5. The number of ether oxygens (including phenoxy) is 1. The zero-order valence-corrected chi connectivity index (χ0v) is 24.7. The monoisotopic (exact) mass is 530 g/mol. The third kappa shape index (κ3) is 18.0. The van der Waals surface area contributed by atoms with Crippen molar-refractivity contribution in [2.45, 2.75) is 64.8 Å². The fraction of sp³-hybridized carbons (Fsp3) is 0.542. The van der Waals surface area contributed by atoms with Gasteiger partial charge in [-0.25, -0.2) is 0 Å². The third-order valence-electron chi connectivity index (χ3n) is 4.55. The van der Waals surface area contributed by atoms with Gasteiger partial charge in [-0.2, -0.15) is 0 Å². The Labute approximate surface area is 244 Å². The number of benzene rings is 1. The summed E-state index contributed by atoms with van der Waals surface area (Å²) in [6.07, 6.45) is 5.09. The minimum Gasteiger partial charge on any atom is -0.648 e. The van der Waals surface area contributed by atoms with Crippen LogP contribution in [-0.2, 0) is 41.7 Å². The predicted octanol–water partition coefficient (Wildman–Crippen LogP) is -0.146. The van der Waals surface area contributed by atoms with Crippen LogP contribution in [0.5, 0.6) is 0 Å². The molecular formula is C24H33N2O6Rb. The summed E-state index contributed by atoms with van der Waals surface area (Å²) in [4.78, 5) is 56.3. The van der Waals surface area contributed by atoms with E-state index in [2.05, 4.69) is 10.6 Å². The second-order valence-corrected chi connectivity index (χ2v) is 7.64. The zero-order chi connectivity index (χ0) is 23.6. The molecule has 0 bridgehead atoms. The maximum absolute atomic E-state index is 11.8. The van der Waals surface area contributed by atoms with Crippen molar-refractivity contribution in [3.63, 3.8) is 0 Å². The molecule has 1 aromatic rings. The summed E-state index contributed by atoms with van der Waals surface area (Å²) in [5.74, 6) is -0.684. The number of rotatable bonds is 18. The number of unbranched alkanes of at least 4 members (excludes halogenated alkanes) is 3. The summed E-state index contributed by atoms with van der Waals surface area (Å²) < 4.78 is 5.28. The number of nitrogens with one attached hydrogen (secondary N) is 1. The van der Waals surface area contributed by atoms with Crippen molar-refractivity contribution in [1.29, 1.82) is 0 Å². The van der Waals surface area contributed by atoms with Crippen LogP contribution in [0.2, 0.25) is 0 Å². The van der Waals surface area contributed by atoms with Gasteiger partial charge in [0, 0.05) is 32.4 Å². The summed E-state index contributed by atoms with van der Waals surface area (Å²) in [5, 5.41) is 6.77. The van der Waals surface area contributed by atoms with Crippen LogP contribution in [0.15, 0.2) is 24.3 Å². The van der Waals surface area contributed by atoms with E-state index in [4.69, 9.17) is 4.74 Å². The maximum atomic E-state index is 11.8. The largest absolute Gasteiger partial charge is 1.00 e. The van der Waals surface area contributed by atoms with Gasteiger partial charge in [0.2, 0.25) is 5.91 Å². The molecule has 176 valence electrons. The molecule has 33 heavy (non-hydrogen) atoms. The number of hydrogen-bond donors (Lipinski definition) is 1. The molecule has 0 aliphatic rings. The van der Waals surface area contributed by atoms with Crippen LogP contribution in [0.1, 0.15) is 63.0 Å². The molecule has 0 aliphatic carbocycles. The Morgan fingerprint density at radius 1 is 1.00 bits per heavy atom. The molecule has 0 aromatic heterocycles. The maximum Gasteiger partial charge on any atom is 1.00 e. The molecule has 0 radical (unpaired) electrons. The summed E-state index contributed by atoms with van der Waals surface area (Å²) in [6.45, 7) is 2.39. The first kappa shape index (κ1) is 31.9. The Bertz CT molecular complexity index is 752. The molecule has 0 unspecified atom stereocenters. The number of hydrogen-bond acceptors (Lipinski definition) is 6. The fourth-order valence-electron chi connectivity index (χ4n) is 2.90. The van der Waals surface area contributed by atoms with E-state index < -0.39 is 0 Å². The Kier molecular flexibility index (Phi) is 19.7. The van der Waals surface area contributed by atoms with Gasteiger partial charge in [-0.05, 0) is 31.7 Å². The Morgan fingerprint density at radius 3 is 2.36 bits per heavy atom. The van der Waals surface area contributed by atoms with E-state index in [-0.39, 0.29) is 108 Å². The van der Waals surface area contributed by atoms with Crippen LogP contribution in [0.25, 0.3) is 5.32 Å². The van der Waals surface area contributed by atoms with Gasteiger partial charge in [0.15, 0.2) is 0 Å². The molecule has 1 rings (SSSR count). The smallest absolute Gasteiger partial charge is 0.648 e. The third-order valence-corrected chi connectivity index (χ3v) is 4.55. The topological polar surface area (TPSA) is 121 Å². The van der Waals surface area contributed by atoms with Crippen molar-refractivity contribution < 1.29 is 86.9 Å². The van der Waals surface area contributed by atoms with Gasteiger partial charge in [-0.3, -0.25) is 14.4 Å². The first-order valence-corrected chi connectivity index (χ1v) is 11.0. The average molecular weight is 531 g/mol. The van der Waals surface area contributed by atoms with Crippen molar-refractivity contribution >= 4 is 29.7 Å². The van der Waals surface area contributed by atoms with Gasteiger partial charge < -0.3 is 25.0 Å². The number of amides is 2. The molecule has 1 N–H and O–H groups in total. The van der Waals surface area contributed by atoms with Crippen molar-refractivity contribution in [3.05, 3.63) is 40.7 Å². The molecule has 0 saturated heterocycles. The number of ketones is 2. The van der Waals surface area contributed by atoms with Crippen LogP contribution in [0, 0.1) is 0 Å². The second-order valence-electron chi connectivity index (χ2n) is 7.64. The van der Waals surface area contributed by atoms with E-state index in [9.17, 15) is 24.0 Å². The van der Waals surface area contributed by atoms with Crippen LogP contribution in [-0.4, -0.2) is 49.4 Å². The van der Waals surface area contributed by atoms with Crippen molar-refractivity contribution in [2.24, 2.45) is 0 Å². The van der Waals surface area contributed by atoms with Gasteiger partial charge in [-0.1, -0.05) is 36.2 Å². The van der Waals surface area contributed by atoms with Crippen LogP contribution in [0.4, 0.5) is 0 Å². The minimum atomic E-state index is -0.370. The fourth-order valence-corrected chi connectivity index (χ4v) is 2.90. The van der Waals surface area contributed by atoms with E-state index in [1.807, 2.05) is 0 Å². The predicted molar refractivity (Wildman–Crippen MR) is 120 cm³/mol. The van der Waals surface area contributed by atoms with E-state index >= 15 is 0 Å². The van der Waals surface area contributed by atoms with E-state index in [1.54, 1.807) is 24.3 Å². The SMILES string of the molecule is CC(=O)CC(=O)Cc1ccc(C[N-]C(=O)COCCCC(=O)NCCCCCC=O)cc1.[Rb+]. The van der Waals surface area contributed by atoms with Crippen LogP contribution in [0.3, 0.4) is 0 Å². The molecule has 8 nitrogen and oxygen atoms in total.